The smallest absolute Gasteiger partial charge is 0.0354 e. The Labute approximate surface area is 102 Å². The van der Waals surface area contributed by atoms with Gasteiger partial charge in [-0.2, -0.15) is 0 Å². The van der Waals surface area contributed by atoms with Gasteiger partial charge >= 0.3 is 0 Å². The van der Waals surface area contributed by atoms with E-state index in [1.54, 1.807) is 0 Å². The molecule has 1 heterocycles. The van der Waals surface area contributed by atoms with Gasteiger partial charge in [-0.05, 0) is 28.0 Å². The van der Waals surface area contributed by atoms with E-state index in [9.17, 15) is 0 Å². The van der Waals surface area contributed by atoms with Gasteiger partial charge in [0.05, 0.1) is 0 Å². The molecule has 0 N–H and O–H groups in total. The van der Waals surface area contributed by atoms with Gasteiger partial charge in [0, 0.05) is 19.8 Å². The Morgan fingerprint density at radius 1 is 1.12 bits per heavy atom. The lowest BCUT2D eigenvalue weighted by Gasteiger charge is -2.18. The average molecular weight is 220 g/mol. The van der Waals surface area contributed by atoms with Gasteiger partial charge in [-0.25, -0.2) is 0 Å². The van der Waals surface area contributed by atoms with Crippen LogP contribution >= 0.6 is 0 Å². The summed E-state index contributed by atoms with van der Waals surface area (Å²) in [4.78, 5) is 2.18. The molecule has 2 aromatic carbocycles. The number of rotatable bonds is 1. The van der Waals surface area contributed by atoms with E-state index in [0.717, 1.165) is 12.1 Å². The van der Waals surface area contributed by atoms with Crippen LogP contribution in [-0.2, 0) is 0 Å². The van der Waals surface area contributed by atoms with Gasteiger partial charge in [0.1, 0.15) is 0 Å². The first kappa shape index (κ1) is 10.2. The lowest BCUT2D eigenvalue weighted by Crippen LogP contribution is -2.13. The summed E-state index contributed by atoms with van der Waals surface area (Å²) in [5.74, 6) is 0. The van der Waals surface area contributed by atoms with E-state index in [1.807, 2.05) is 0 Å². The molecule has 1 aliphatic heterocycles. The first-order valence-electron chi connectivity index (χ1n) is 5.83. The highest BCUT2D eigenvalue weighted by atomic mass is 15.1. The summed E-state index contributed by atoms with van der Waals surface area (Å²) in [6.07, 6.45) is 6.51. The lowest BCUT2D eigenvalue weighted by atomic mass is 10.0. The van der Waals surface area contributed by atoms with E-state index in [0.29, 0.717) is 0 Å². The zero-order chi connectivity index (χ0) is 11.7. The van der Waals surface area contributed by atoms with E-state index in [2.05, 4.69) is 72.8 Å². The Kier molecular flexibility index (Phi) is 2.45. The Morgan fingerprint density at radius 2 is 2.00 bits per heavy atom. The highest BCUT2D eigenvalue weighted by Gasteiger charge is 2.04. The van der Waals surface area contributed by atoms with E-state index >= 15 is 0 Å². The summed E-state index contributed by atoms with van der Waals surface area (Å²) in [5.41, 5.74) is 2.39. The second kappa shape index (κ2) is 4.10. The minimum Gasteiger partial charge on any atom is -0.376 e. The topological polar surface area (TPSA) is 3.24 Å². The molecular formula is C16H14N. The third-order valence-corrected chi connectivity index (χ3v) is 3.02. The molecule has 0 spiro atoms. The molecule has 0 saturated heterocycles. The highest BCUT2D eigenvalue weighted by Crippen LogP contribution is 2.23. The van der Waals surface area contributed by atoms with Gasteiger partial charge in [0.25, 0.3) is 0 Å². The van der Waals surface area contributed by atoms with Crippen molar-refractivity contribution in [3.05, 3.63) is 66.4 Å². The predicted molar refractivity (Wildman–Crippen MR) is 72.5 cm³/mol. The molecule has 1 nitrogen and oxygen atoms in total. The molecule has 0 atom stereocenters. The standard InChI is InChI=1S/C16H14N/c1-17-10-4-7-16(12-17)15-9-8-13-5-2-3-6-14(13)11-15/h2-9,12H,10H2,1H3. The molecule has 1 aliphatic rings. The Bertz CT molecular complexity index is 608. The van der Waals surface area contributed by atoms with Crippen LogP contribution in [0, 0.1) is 6.07 Å². The third kappa shape index (κ3) is 1.96. The molecule has 0 amide bonds. The van der Waals surface area contributed by atoms with Gasteiger partial charge in [-0.3, -0.25) is 0 Å². The van der Waals surface area contributed by atoms with Crippen LogP contribution in [0.4, 0.5) is 0 Å². The van der Waals surface area contributed by atoms with Crippen LogP contribution in [0.5, 0.6) is 0 Å². The average Bonchev–Trinajstić information content (AvgIpc) is 2.38. The number of allylic oxidation sites excluding steroid dienone is 2. The highest BCUT2D eigenvalue weighted by molar-refractivity contribution is 5.87. The second-order valence-electron chi connectivity index (χ2n) is 4.39. The number of hydrogen-bond acceptors (Lipinski definition) is 1. The molecule has 0 aromatic heterocycles. The zero-order valence-corrected chi connectivity index (χ0v) is 9.85. The maximum absolute atomic E-state index is 3.47. The summed E-state index contributed by atoms with van der Waals surface area (Å²) >= 11 is 0. The summed E-state index contributed by atoms with van der Waals surface area (Å²) in [6.45, 7) is 0.983. The van der Waals surface area contributed by atoms with E-state index in [1.165, 1.54) is 16.3 Å². The molecular weight excluding hydrogens is 206 g/mol. The summed E-state index contributed by atoms with van der Waals surface area (Å²) in [5, 5.41) is 2.41. The van der Waals surface area contributed by atoms with Crippen LogP contribution in [0.2, 0.25) is 0 Å². The van der Waals surface area contributed by atoms with E-state index in [4.69, 9.17) is 0 Å². The Balaban J connectivity index is 2.09. The summed E-state index contributed by atoms with van der Waals surface area (Å²) < 4.78 is 0. The quantitative estimate of drug-likeness (QED) is 0.711. The zero-order valence-electron chi connectivity index (χ0n) is 9.85. The van der Waals surface area contributed by atoms with Crippen molar-refractivity contribution < 1.29 is 0 Å². The minimum atomic E-state index is 0.983. The molecule has 2 aromatic rings. The van der Waals surface area contributed by atoms with Crippen molar-refractivity contribution in [2.45, 2.75) is 0 Å². The first-order chi connectivity index (χ1) is 8.33. The number of fused-ring (bicyclic) bond motifs is 1. The van der Waals surface area contributed by atoms with Gasteiger partial charge in [0.15, 0.2) is 0 Å². The van der Waals surface area contributed by atoms with E-state index < -0.39 is 0 Å². The molecule has 3 rings (SSSR count). The number of likely N-dealkylation sites (N-methyl/N-ethyl adjacent to an activating group) is 1. The van der Waals surface area contributed by atoms with Gasteiger partial charge in [-0.1, -0.05) is 48.6 Å². The summed E-state index contributed by atoms with van der Waals surface area (Å²) in [7, 11) is 2.09. The molecule has 83 valence electrons. The molecule has 0 saturated carbocycles. The number of benzene rings is 2. The van der Waals surface area contributed by atoms with Crippen molar-refractivity contribution in [1.82, 2.24) is 4.90 Å². The molecule has 0 fully saturated rings. The third-order valence-electron chi connectivity index (χ3n) is 3.02. The van der Waals surface area contributed by atoms with Crippen LogP contribution in [-0.4, -0.2) is 18.5 Å². The predicted octanol–water partition coefficient (Wildman–Crippen LogP) is 3.48. The second-order valence-corrected chi connectivity index (χ2v) is 4.39. The molecule has 1 heteroatoms. The van der Waals surface area contributed by atoms with Crippen LogP contribution < -0.4 is 0 Å². The van der Waals surface area contributed by atoms with Crippen molar-refractivity contribution in [2.75, 3.05) is 13.6 Å². The number of hydrogen-bond donors (Lipinski definition) is 0. The molecule has 1 radical (unpaired) electrons. The first-order valence-corrected chi connectivity index (χ1v) is 5.83. The lowest BCUT2D eigenvalue weighted by molar-refractivity contribution is 0.507. The van der Waals surface area contributed by atoms with E-state index in [-0.39, 0.29) is 0 Å². The monoisotopic (exact) mass is 220 g/mol. The molecule has 0 bridgehead atoms. The Hall–Kier alpha value is -2.02. The van der Waals surface area contributed by atoms with Crippen molar-refractivity contribution >= 4 is 16.3 Å². The molecule has 0 unspecified atom stereocenters. The maximum Gasteiger partial charge on any atom is 0.0354 e. The van der Waals surface area contributed by atoms with Gasteiger partial charge < -0.3 is 4.90 Å². The number of nitrogens with zero attached hydrogens (tertiary/aromatic N) is 1. The van der Waals surface area contributed by atoms with Crippen molar-refractivity contribution in [2.24, 2.45) is 0 Å². The SMILES string of the molecule is CN1C=C(c2[c]c3ccccc3cc2)C=CC1. The van der Waals surface area contributed by atoms with Crippen LogP contribution in [0.25, 0.3) is 16.3 Å². The maximum atomic E-state index is 3.47. The minimum absolute atomic E-state index is 0.983. The van der Waals surface area contributed by atoms with Crippen molar-refractivity contribution in [3.8, 4) is 0 Å². The van der Waals surface area contributed by atoms with Crippen LogP contribution in [0.1, 0.15) is 5.56 Å². The van der Waals surface area contributed by atoms with Crippen LogP contribution in [0.3, 0.4) is 0 Å². The van der Waals surface area contributed by atoms with Crippen LogP contribution in [0.15, 0.2) is 54.8 Å². The molecule has 0 aliphatic carbocycles. The fourth-order valence-electron chi connectivity index (χ4n) is 2.12. The fourth-order valence-corrected chi connectivity index (χ4v) is 2.12. The molecule has 17 heavy (non-hydrogen) atoms. The normalized spacial score (nSPS) is 15.1. The summed E-state index contributed by atoms with van der Waals surface area (Å²) in [6, 6.07) is 16.1. The van der Waals surface area contributed by atoms with Crippen molar-refractivity contribution in [3.63, 3.8) is 0 Å². The fraction of sp³-hybridized carbons (Fsp3) is 0.125. The van der Waals surface area contributed by atoms with Crippen molar-refractivity contribution in [1.29, 1.82) is 0 Å². The van der Waals surface area contributed by atoms with Gasteiger partial charge in [0.2, 0.25) is 0 Å². The largest absolute Gasteiger partial charge is 0.376 e. The van der Waals surface area contributed by atoms with Gasteiger partial charge in [-0.15, -0.1) is 0 Å². The Morgan fingerprint density at radius 3 is 2.88 bits per heavy atom.